The maximum Gasteiger partial charge on any atom is 0.249 e. The van der Waals surface area contributed by atoms with Gasteiger partial charge in [0.1, 0.15) is 6.04 Å². The van der Waals surface area contributed by atoms with Gasteiger partial charge in [-0.25, -0.2) is 0 Å². The van der Waals surface area contributed by atoms with Crippen LogP contribution in [0.2, 0.25) is 5.02 Å². The topological polar surface area (TPSA) is 128 Å². The summed E-state index contributed by atoms with van der Waals surface area (Å²) in [4.78, 5) is 50.0. The predicted molar refractivity (Wildman–Crippen MR) is 135 cm³/mol. The molecule has 2 fully saturated rings. The van der Waals surface area contributed by atoms with E-state index in [9.17, 15) is 24.3 Å². The number of anilines is 2. The van der Waals surface area contributed by atoms with Crippen molar-refractivity contribution in [1.29, 1.82) is 0 Å². The normalized spacial score (nSPS) is 22.8. The lowest BCUT2D eigenvalue weighted by Gasteiger charge is -2.33. The number of likely N-dealkylation sites (tertiary alicyclic amines) is 1. The summed E-state index contributed by atoms with van der Waals surface area (Å²) in [6, 6.07) is 11.3. The van der Waals surface area contributed by atoms with Gasteiger partial charge >= 0.3 is 0 Å². The Morgan fingerprint density at radius 1 is 1.19 bits per heavy atom. The third kappa shape index (κ3) is 5.68. The number of carbonyl (C=O) groups is 4. The molecular formula is C26H29ClN4O5. The molecule has 2 heterocycles. The molecule has 9 nitrogen and oxygen atoms in total. The van der Waals surface area contributed by atoms with Gasteiger partial charge < -0.3 is 20.6 Å². The fourth-order valence-electron chi connectivity index (χ4n) is 4.60. The lowest BCUT2D eigenvalue weighted by molar-refractivity contribution is -0.150. The van der Waals surface area contributed by atoms with Crippen molar-refractivity contribution >= 4 is 46.6 Å². The summed E-state index contributed by atoms with van der Waals surface area (Å²) in [7, 11) is 0. The number of carbonyl (C=O) groups excluding carboxylic acids is 4. The summed E-state index contributed by atoms with van der Waals surface area (Å²) in [5.41, 5.74) is 3.17. The number of hydrogen-bond acceptors (Lipinski definition) is 6. The first-order valence-electron chi connectivity index (χ1n) is 11.9. The first-order chi connectivity index (χ1) is 17.1. The second-order valence-corrected chi connectivity index (χ2v) is 9.79. The predicted octanol–water partition coefficient (Wildman–Crippen LogP) is 2.92. The van der Waals surface area contributed by atoms with Crippen LogP contribution in [0.4, 0.5) is 11.4 Å². The molecule has 4 unspecified atom stereocenters. The first kappa shape index (κ1) is 25.7. The number of nitrogens with one attached hydrogen (secondary N) is 3. The van der Waals surface area contributed by atoms with Crippen LogP contribution in [0, 0.1) is 6.92 Å². The van der Waals surface area contributed by atoms with Gasteiger partial charge in [-0.15, -0.1) is 0 Å². The van der Waals surface area contributed by atoms with Crippen molar-refractivity contribution in [2.75, 3.05) is 10.6 Å². The molecular weight excluding hydrogens is 484 g/mol. The Kier molecular flexibility index (Phi) is 7.61. The molecule has 36 heavy (non-hydrogen) atoms. The van der Waals surface area contributed by atoms with Crippen LogP contribution in [0.3, 0.4) is 0 Å². The van der Waals surface area contributed by atoms with Crippen LogP contribution in [0.25, 0.3) is 0 Å². The van der Waals surface area contributed by atoms with E-state index in [1.165, 1.54) is 0 Å². The maximum atomic E-state index is 12.6. The van der Waals surface area contributed by atoms with Crippen molar-refractivity contribution in [2.24, 2.45) is 0 Å². The van der Waals surface area contributed by atoms with Crippen molar-refractivity contribution in [1.82, 2.24) is 10.2 Å². The molecule has 0 aromatic heterocycles. The van der Waals surface area contributed by atoms with Gasteiger partial charge in [-0.1, -0.05) is 36.7 Å². The molecule has 2 saturated heterocycles. The number of piperidine rings is 1. The number of benzene rings is 2. The molecule has 2 aliphatic heterocycles. The number of aryl methyl sites for hydroxylation is 1. The van der Waals surface area contributed by atoms with Crippen molar-refractivity contribution in [3.05, 3.63) is 58.6 Å². The minimum atomic E-state index is -1.21. The zero-order valence-corrected chi connectivity index (χ0v) is 20.8. The average molecular weight is 513 g/mol. The number of amides is 4. The highest BCUT2D eigenvalue weighted by Crippen LogP contribution is 2.29. The Balaban J connectivity index is 1.37. The summed E-state index contributed by atoms with van der Waals surface area (Å²) in [5, 5.41) is 19.7. The van der Waals surface area contributed by atoms with Crippen LogP contribution in [0.15, 0.2) is 42.5 Å². The van der Waals surface area contributed by atoms with Crippen molar-refractivity contribution in [3.63, 3.8) is 0 Å². The van der Waals surface area contributed by atoms with Gasteiger partial charge in [0.25, 0.3) is 0 Å². The molecule has 2 aromatic carbocycles. The summed E-state index contributed by atoms with van der Waals surface area (Å²) >= 11 is 6.14. The van der Waals surface area contributed by atoms with Crippen LogP contribution in [-0.4, -0.2) is 51.9 Å². The summed E-state index contributed by atoms with van der Waals surface area (Å²) < 4.78 is 0. The largest absolute Gasteiger partial charge is 0.377 e. The van der Waals surface area contributed by atoms with E-state index in [-0.39, 0.29) is 49.3 Å². The van der Waals surface area contributed by atoms with E-state index in [2.05, 4.69) is 16.0 Å². The smallest absolute Gasteiger partial charge is 0.249 e. The van der Waals surface area contributed by atoms with Crippen LogP contribution < -0.4 is 16.0 Å². The molecule has 2 aliphatic rings. The zero-order chi connectivity index (χ0) is 26.0. The Labute approximate surface area is 214 Å². The van der Waals surface area contributed by atoms with Gasteiger partial charge in [-0.05, 0) is 54.7 Å². The zero-order valence-electron chi connectivity index (χ0n) is 20.1. The number of aliphatic hydroxyl groups excluding tert-OH is 1. The van der Waals surface area contributed by atoms with Gasteiger partial charge in [0.15, 0.2) is 6.23 Å². The summed E-state index contributed by atoms with van der Waals surface area (Å²) in [5.74, 6) is -1.54. The second-order valence-electron chi connectivity index (χ2n) is 9.38. The molecule has 4 N–H and O–H groups in total. The Morgan fingerprint density at radius 2 is 1.97 bits per heavy atom. The number of hydrogen-bond donors (Lipinski definition) is 4. The van der Waals surface area contributed by atoms with Crippen molar-refractivity contribution in [2.45, 2.75) is 63.8 Å². The van der Waals surface area contributed by atoms with Gasteiger partial charge in [0.05, 0.1) is 12.5 Å². The Bertz CT molecular complexity index is 1200. The lowest BCUT2D eigenvalue weighted by atomic mass is 9.96. The highest BCUT2D eigenvalue weighted by molar-refractivity contribution is 6.31. The van der Waals surface area contributed by atoms with E-state index in [4.69, 9.17) is 11.6 Å². The van der Waals surface area contributed by atoms with Gasteiger partial charge in [-0.3, -0.25) is 24.5 Å². The minimum absolute atomic E-state index is 0.0141. The van der Waals surface area contributed by atoms with E-state index >= 15 is 0 Å². The first-order valence-corrected chi connectivity index (χ1v) is 12.3. The number of imide groups is 1. The molecule has 0 saturated carbocycles. The molecule has 4 rings (SSSR count). The maximum absolute atomic E-state index is 12.6. The standard InChI is InChI=1S/C26H29ClN4O5/c1-14-6-7-18(12-19(14)27)29-23(33)10-15(2)16-4-3-5-17(11-16)28-20-13-24(34)31(26(20)36)21-8-9-22(32)30-25(21)35/h3-7,11-12,15,20-21,26,28,36H,8-10,13H2,1-2H3,(H,29,33)(H,30,32,35). The van der Waals surface area contributed by atoms with Gasteiger partial charge in [0, 0.05) is 29.2 Å². The summed E-state index contributed by atoms with van der Waals surface area (Å²) in [6.45, 7) is 3.84. The number of halogens is 1. The molecule has 10 heteroatoms. The lowest BCUT2D eigenvalue weighted by Crippen LogP contribution is -2.56. The van der Waals surface area contributed by atoms with E-state index in [1.807, 2.05) is 44.2 Å². The van der Waals surface area contributed by atoms with Crippen molar-refractivity contribution < 1.29 is 24.3 Å². The van der Waals surface area contributed by atoms with Crippen LogP contribution in [0.5, 0.6) is 0 Å². The fourth-order valence-corrected chi connectivity index (χ4v) is 4.78. The van der Waals surface area contributed by atoms with Crippen LogP contribution >= 0.6 is 11.6 Å². The van der Waals surface area contributed by atoms with Gasteiger partial charge in [0.2, 0.25) is 23.6 Å². The number of rotatable bonds is 7. The van der Waals surface area contributed by atoms with E-state index in [0.29, 0.717) is 16.4 Å². The highest BCUT2D eigenvalue weighted by Gasteiger charge is 2.46. The Hall–Kier alpha value is -3.43. The fraction of sp³-hybridized carbons (Fsp3) is 0.385. The monoisotopic (exact) mass is 512 g/mol. The van der Waals surface area contributed by atoms with Crippen LogP contribution in [0.1, 0.15) is 49.7 Å². The van der Waals surface area contributed by atoms with E-state index in [1.54, 1.807) is 12.1 Å². The Morgan fingerprint density at radius 3 is 2.69 bits per heavy atom. The SMILES string of the molecule is Cc1ccc(NC(=O)CC(C)c2cccc(NC3CC(=O)N(C4CCC(=O)NC4=O)C3O)c2)cc1Cl. The minimum Gasteiger partial charge on any atom is -0.377 e. The highest BCUT2D eigenvalue weighted by atomic mass is 35.5. The van der Waals surface area contributed by atoms with Crippen molar-refractivity contribution in [3.8, 4) is 0 Å². The molecule has 0 spiro atoms. The molecule has 190 valence electrons. The third-order valence-electron chi connectivity index (χ3n) is 6.63. The molecule has 4 amide bonds. The molecule has 0 radical (unpaired) electrons. The average Bonchev–Trinajstić information content (AvgIpc) is 3.09. The van der Waals surface area contributed by atoms with Gasteiger partial charge in [-0.2, -0.15) is 0 Å². The third-order valence-corrected chi connectivity index (χ3v) is 7.04. The summed E-state index contributed by atoms with van der Waals surface area (Å²) in [6.07, 6.45) is -0.641. The molecule has 2 aromatic rings. The second kappa shape index (κ2) is 10.7. The molecule has 0 bridgehead atoms. The quantitative estimate of drug-likeness (QED) is 0.422. The van der Waals surface area contributed by atoms with E-state index in [0.717, 1.165) is 16.0 Å². The molecule has 4 atom stereocenters. The van der Waals surface area contributed by atoms with E-state index < -0.39 is 24.2 Å². The molecule has 0 aliphatic carbocycles. The van der Waals surface area contributed by atoms with Crippen LogP contribution in [-0.2, 0) is 19.2 Å². The number of nitrogens with zero attached hydrogens (tertiary/aromatic N) is 1. The number of aliphatic hydroxyl groups is 1.